The lowest BCUT2D eigenvalue weighted by molar-refractivity contribution is 1.02. The first-order valence-corrected chi connectivity index (χ1v) is 6.48. The van der Waals surface area contributed by atoms with Gasteiger partial charge in [-0.25, -0.2) is 10.0 Å². The van der Waals surface area contributed by atoms with Gasteiger partial charge in [-0.2, -0.15) is 0 Å². The van der Waals surface area contributed by atoms with E-state index < -0.39 is 0 Å². The van der Waals surface area contributed by atoms with Crippen LogP contribution < -0.4 is 5.73 Å². The molecule has 2 rings (SSSR count). The first-order chi connectivity index (χ1) is 5.21. The topological polar surface area (TPSA) is 26.0 Å². The second-order valence-corrected chi connectivity index (χ2v) is 7.38. The third kappa shape index (κ3) is 1.14. The first-order valence-electron chi connectivity index (χ1n) is 4.10. The van der Waals surface area contributed by atoms with Crippen LogP contribution in [0.25, 0.3) is 0 Å². The minimum absolute atomic E-state index is 0.204. The van der Waals surface area contributed by atoms with E-state index in [4.69, 9.17) is 5.73 Å². The summed E-state index contributed by atoms with van der Waals surface area (Å²) in [5, 5.41) is 0. The smallest absolute Gasteiger partial charge is 0.0427 e. The maximum absolute atomic E-state index is 5.75. The molecule has 0 aromatic rings. The van der Waals surface area contributed by atoms with E-state index in [-0.39, 0.29) is 16.1 Å². The summed E-state index contributed by atoms with van der Waals surface area (Å²) in [7, 11) is -0.356. The predicted octanol–water partition coefficient (Wildman–Crippen LogP) is 1.61. The monoisotopic (exact) mass is 169 g/mol. The highest BCUT2D eigenvalue weighted by Gasteiger charge is 2.30. The summed E-state index contributed by atoms with van der Waals surface area (Å²) >= 11 is 0. The Hall–Kier alpha value is -0.210. The normalized spacial score (nSPS) is 36.2. The van der Waals surface area contributed by atoms with Crippen molar-refractivity contribution in [1.29, 1.82) is 0 Å². The summed E-state index contributed by atoms with van der Waals surface area (Å²) in [6.07, 6.45) is 10.4. The molecule has 2 aliphatic rings. The van der Waals surface area contributed by atoms with Crippen LogP contribution in [0.3, 0.4) is 0 Å². The van der Waals surface area contributed by atoms with Gasteiger partial charge in [-0.15, -0.1) is 0 Å². The van der Waals surface area contributed by atoms with E-state index in [1.54, 1.807) is 4.91 Å². The van der Waals surface area contributed by atoms with Crippen molar-refractivity contribution in [3.8, 4) is 0 Å². The van der Waals surface area contributed by atoms with Gasteiger partial charge in [-0.1, -0.05) is 18.2 Å². The van der Waals surface area contributed by atoms with Gasteiger partial charge in [0.2, 0.25) is 0 Å². The fourth-order valence-electron chi connectivity index (χ4n) is 1.65. The number of rotatable bonds is 1. The van der Waals surface area contributed by atoms with Crippen LogP contribution in [-0.4, -0.2) is 23.8 Å². The first kappa shape index (κ1) is 7.44. The lowest BCUT2D eigenvalue weighted by atomic mass is 10.4. The van der Waals surface area contributed by atoms with Crippen molar-refractivity contribution in [2.45, 2.75) is 12.5 Å². The molecule has 1 aliphatic carbocycles. The molecular weight excluding hydrogens is 154 g/mol. The van der Waals surface area contributed by atoms with Gasteiger partial charge in [0, 0.05) is 6.04 Å². The average molecular weight is 169 g/mol. The Balaban J connectivity index is 2.17. The molecule has 0 radical (unpaired) electrons. The molecule has 1 unspecified atom stereocenters. The summed E-state index contributed by atoms with van der Waals surface area (Å²) in [6, 6.07) is 0.204. The number of hydrogen-bond donors (Lipinski definition) is 1. The minimum Gasteiger partial charge on any atom is -0.321 e. The van der Waals surface area contributed by atoms with E-state index >= 15 is 0 Å². The van der Waals surface area contributed by atoms with E-state index in [1.807, 2.05) is 0 Å². The maximum Gasteiger partial charge on any atom is 0.0427 e. The van der Waals surface area contributed by atoms with Crippen molar-refractivity contribution >= 4 is 10.0 Å². The van der Waals surface area contributed by atoms with Crippen LogP contribution in [0.15, 0.2) is 23.1 Å². The molecule has 1 aliphatic heterocycles. The molecule has 0 aromatic carbocycles. The molecule has 2 N–H and O–H groups in total. The Morgan fingerprint density at radius 1 is 1.55 bits per heavy atom. The Labute approximate surface area is 69.7 Å². The fraction of sp³-hybridized carbons (Fsp3) is 0.556. The zero-order valence-corrected chi connectivity index (χ0v) is 7.73. The van der Waals surface area contributed by atoms with E-state index in [0.29, 0.717) is 0 Å². The lowest BCUT2D eigenvalue weighted by Gasteiger charge is -2.45. The van der Waals surface area contributed by atoms with Crippen LogP contribution in [0, 0.1) is 0 Å². The minimum atomic E-state index is -0.356. The highest BCUT2D eigenvalue weighted by molar-refractivity contribution is 8.37. The van der Waals surface area contributed by atoms with E-state index in [9.17, 15) is 0 Å². The number of allylic oxidation sites excluding steroid dienone is 1. The molecule has 62 valence electrons. The number of hydrogen-bond acceptors (Lipinski definition) is 1. The summed E-state index contributed by atoms with van der Waals surface area (Å²) in [6.45, 7) is 0. The Morgan fingerprint density at radius 2 is 2.27 bits per heavy atom. The summed E-state index contributed by atoms with van der Waals surface area (Å²) in [5.74, 6) is 2.85. The second-order valence-electron chi connectivity index (χ2n) is 3.54. The molecule has 2 heteroatoms. The van der Waals surface area contributed by atoms with Gasteiger partial charge in [0.05, 0.1) is 0 Å². The zero-order valence-electron chi connectivity index (χ0n) is 6.92. The Bertz CT molecular complexity index is 226. The molecule has 0 saturated carbocycles. The highest BCUT2D eigenvalue weighted by atomic mass is 32.3. The third-order valence-electron chi connectivity index (χ3n) is 2.60. The van der Waals surface area contributed by atoms with Gasteiger partial charge >= 0.3 is 0 Å². The third-order valence-corrected chi connectivity index (χ3v) is 6.39. The average Bonchev–Trinajstić information content (AvgIpc) is 2.31. The Morgan fingerprint density at radius 3 is 2.64 bits per heavy atom. The van der Waals surface area contributed by atoms with E-state index in [0.717, 1.165) is 0 Å². The number of nitrogens with two attached hydrogens (primary N) is 1. The quantitative estimate of drug-likeness (QED) is 0.634. The van der Waals surface area contributed by atoms with Crippen molar-refractivity contribution in [2.24, 2.45) is 5.73 Å². The van der Waals surface area contributed by atoms with Gasteiger partial charge in [0.15, 0.2) is 0 Å². The fourth-order valence-corrected chi connectivity index (χ4v) is 4.17. The van der Waals surface area contributed by atoms with Crippen LogP contribution in [-0.2, 0) is 0 Å². The van der Waals surface area contributed by atoms with Crippen LogP contribution in [0.4, 0.5) is 0 Å². The van der Waals surface area contributed by atoms with Crippen LogP contribution in [0.5, 0.6) is 0 Å². The van der Waals surface area contributed by atoms with Gasteiger partial charge in [0.1, 0.15) is 0 Å². The lowest BCUT2D eigenvalue weighted by Crippen LogP contribution is -2.21. The summed E-state index contributed by atoms with van der Waals surface area (Å²) in [4.78, 5) is 1.55. The molecule has 0 bridgehead atoms. The molecule has 0 spiro atoms. The summed E-state index contributed by atoms with van der Waals surface area (Å²) < 4.78 is 0. The maximum atomic E-state index is 5.75. The van der Waals surface area contributed by atoms with Crippen LogP contribution in [0.2, 0.25) is 0 Å². The molecule has 0 aromatic heterocycles. The van der Waals surface area contributed by atoms with Crippen molar-refractivity contribution in [3.63, 3.8) is 0 Å². The molecule has 11 heavy (non-hydrogen) atoms. The van der Waals surface area contributed by atoms with Crippen LogP contribution >= 0.6 is 10.0 Å². The molecule has 1 atom stereocenters. The van der Waals surface area contributed by atoms with Crippen molar-refractivity contribution < 1.29 is 0 Å². The molecule has 0 amide bonds. The molecule has 1 saturated heterocycles. The standard InChI is InChI=1S/C9H15NS/c1-11(5-2-6-11)9-4-3-8(10)7-9/h3-4,7-8H,2,5-6,10H2,1H3. The van der Waals surface area contributed by atoms with Crippen molar-refractivity contribution in [1.82, 2.24) is 0 Å². The SMILES string of the molecule is CS1(C2=CC(N)C=C2)CCC1. The molecular formula is C9H15NS. The van der Waals surface area contributed by atoms with Crippen LogP contribution in [0.1, 0.15) is 6.42 Å². The van der Waals surface area contributed by atoms with Gasteiger partial charge in [0.25, 0.3) is 0 Å². The molecule has 1 nitrogen and oxygen atoms in total. The highest BCUT2D eigenvalue weighted by Crippen LogP contribution is 2.61. The van der Waals surface area contributed by atoms with Gasteiger partial charge in [-0.3, -0.25) is 0 Å². The van der Waals surface area contributed by atoms with E-state index in [1.165, 1.54) is 17.9 Å². The van der Waals surface area contributed by atoms with Gasteiger partial charge < -0.3 is 5.73 Å². The molecule has 1 fully saturated rings. The zero-order chi connectivity index (χ0) is 7.90. The van der Waals surface area contributed by atoms with Crippen molar-refractivity contribution in [3.05, 3.63) is 23.1 Å². The predicted molar refractivity (Wildman–Crippen MR) is 53.1 cm³/mol. The van der Waals surface area contributed by atoms with E-state index in [2.05, 4.69) is 24.5 Å². The second kappa shape index (κ2) is 2.39. The Kier molecular flexibility index (Phi) is 1.62. The molecule has 1 heterocycles. The van der Waals surface area contributed by atoms with Gasteiger partial charge in [-0.05, 0) is 29.1 Å². The largest absolute Gasteiger partial charge is 0.321 e. The summed E-state index contributed by atoms with van der Waals surface area (Å²) in [5.41, 5.74) is 5.75. The van der Waals surface area contributed by atoms with Crippen molar-refractivity contribution in [2.75, 3.05) is 17.8 Å².